The smallest absolute Gasteiger partial charge is 0.293 e. The number of carbonyl (C=O) groups excluding carboxylic acids is 1. The molecule has 1 aromatic carbocycles. The van der Waals surface area contributed by atoms with Crippen LogP contribution >= 0.6 is 0 Å². The van der Waals surface area contributed by atoms with E-state index in [-0.39, 0.29) is 23.4 Å². The van der Waals surface area contributed by atoms with Crippen LogP contribution in [0.2, 0.25) is 0 Å². The van der Waals surface area contributed by atoms with Crippen molar-refractivity contribution < 1.29 is 14.5 Å². The summed E-state index contributed by atoms with van der Waals surface area (Å²) in [6, 6.07) is 4.06. The predicted molar refractivity (Wildman–Crippen MR) is 77.2 cm³/mol. The van der Waals surface area contributed by atoms with Gasteiger partial charge in [0.15, 0.2) is 0 Å². The van der Waals surface area contributed by atoms with Gasteiger partial charge in [-0.3, -0.25) is 14.9 Å². The molecule has 0 aromatic heterocycles. The first-order valence-electron chi connectivity index (χ1n) is 6.60. The number of hydrogen-bond acceptors (Lipinski definition) is 6. The number of morpholine rings is 1. The summed E-state index contributed by atoms with van der Waals surface area (Å²) in [5.74, 6) is -0.694. The van der Waals surface area contributed by atoms with Crippen LogP contribution in [0, 0.1) is 10.1 Å². The van der Waals surface area contributed by atoms with Crippen LogP contribution in [0.3, 0.4) is 0 Å². The average Bonchev–Trinajstić information content (AvgIpc) is 2.46. The number of nitrogens with two attached hydrogens (primary N) is 2. The Bertz CT molecular complexity index is 561. The zero-order valence-corrected chi connectivity index (χ0v) is 11.7. The topological polar surface area (TPSA) is 125 Å². The van der Waals surface area contributed by atoms with Gasteiger partial charge < -0.3 is 21.1 Å². The summed E-state index contributed by atoms with van der Waals surface area (Å²) >= 11 is 0. The predicted octanol–water partition coefficient (Wildman–Crippen LogP) is 0.246. The van der Waals surface area contributed by atoms with E-state index in [0.29, 0.717) is 25.4 Å². The highest BCUT2D eigenvalue weighted by Gasteiger charge is 2.28. The highest BCUT2D eigenvalue weighted by molar-refractivity contribution is 5.94. The van der Waals surface area contributed by atoms with E-state index in [1.807, 2.05) is 11.8 Å². The minimum Gasteiger partial charge on any atom is -0.373 e. The molecule has 1 saturated heterocycles. The molecule has 1 fully saturated rings. The third-order valence-corrected chi connectivity index (χ3v) is 3.48. The lowest BCUT2D eigenvalue weighted by atomic mass is 10.1. The van der Waals surface area contributed by atoms with E-state index >= 15 is 0 Å². The molecule has 1 aliphatic rings. The molecule has 0 bridgehead atoms. The molecule has 4 N–H and O–H groups in total. The maximum Gasteiger partial charge on any atom is 0.293 e. The van der Waals surface area contributed by atoms with Gasteiger partial charge in [-0.15, -0.1) is 0 Å². The molecule has 8 heteroatoms. The van der Waals surface area contributed by atoms with E-state index in [4.69, 9.17) is 16.2 Å². The Hall–Kier alpha value is -2.19. The number of primary amides is 1. The molecule has 1 heterocycles. The molecule has 1 amide bonds. The first-order valence-corrected chi connectivity index (χ1v) is 6.60. The number of nitrogens with zero attached hydrogens (tertiary/aromatic N) is 2. The zero-order valence-electron chi connectivity index (χ0n) is 11.7. The van der Waals surface area contributed by atoms with Gasteiger partial charge >= 0.3 is 0 Å². The average molecular weight is 294 g/mol. The van der Waals surface area contributed by atoms with Gasteiger partial charge in [0.1, 0.15) is 5.69 Å². The van der Waals surface area contributed by atoms with E-state index in [1.54, 1.807) is 6.07 Å². The molecule has 0 saturated carbocycles. The molecule has 1 aromatic rings. The summed E-state index contributed by atoms with van der Waals surface area (Å²) in [6.45, 7) is 3.27. The van der Waals surface area contributed by atoms with Crippen LogP contribution in [0.5, 0.6) is 0 Å². The maximum atomic E-state index is 11.2. The molecule has 2 rings (SSSR count). The highest BCUT2D eigenvalue weighted by Crippen LogP contribution is 2.30. The van der Waals surface area contributed by atoms with E-state index in [0.717, 1.165) is 0 Å². The molecule has 2 unspecified atom stereocenters. The number of nitro groups is 1. The van der Waals surface area contributed by atoms with Crippen molar-refractivity contribution in [2.45, 2.75) is 19.1 Å². The largest absolute Gasteiger partial charge is 0.373 e. The van der Waals surface area contributed by atoms with Crippen molar-refractivity contribution in [3.8, 4) is 0 Å². The van der Waals surface area contributed by atoms with Gasteiger partial charge in [-0.25, -0.2) is 0 Å². The van der Waals surface area contributed by atoms with Crippen LogP contribution in [0.25, 0.3) is 0 Å². The van der Waals surface area contributed by atoms with Gasteiger partial charge in [0, 0.05) is 30.8 Å². The lowest BCUT2D eigenvalue weighted by molar-refractivity contribution is -0.384. The Balaban J connectivity index is 2.34. The van der Waals surface area contributed by atoms with Crippen molar-refractivity contribution in [1.82, 2.24) is 0 Å². The van der Waals surface area contributed by atoms with Crippen LogP contribution in [-0.2, 0) is 4.74 Å². The second kappa shape index (κ2) is 6.06. The molecule has 0 aliphatic carbocycles. The SMILES string of the molecule is CC(N)C1CN(c2ccc(C(N)=O)cc2[N+](=O)[O-])CCO1. The lowest BCUT2D eigenvalue weighted by Gasteiger charge is -2.35. The minimum atomic E-state index is -0.694. The normalized spacial score (nSPS) is 20.1. The Morgan fingerprint density at radius 2 is 2.29 bits per heavy atom. The molecule has 1 aliphatic heterocycles. The molecule has 8 nitrogen and oxygen atoms in total. The third-order valence-electron chi connectivity index (χ3n) is 3.48. The van der Waals surface area contributed by atoms with Gasteiger partial charge in [0.05, 0.1) is 17.6 Å². The fourth-order valence-corrected chi connectivity index (χ4v) is 2.30. The van der Waals surface area contributed by atoms with Crippen LogP contribution < -0.4 is 16.4 Å². The number of anilines is 1. The second-order valence-electron chi connectivity index (χ2n) is 5.04. The Morgan fingerprint density at radius 3 is 2.86 bits per heavy atom. The number of benzene rings is 1. The first kappa shape index (κ1) is 15.2. The van der Waals surface area contributed by atoms with Crippen LogP contribution in [0.1, 0.15) is 17.3 Å². The summed E-state index contributed by atoms with van der Waals surface area (Å²) in [4.78, 5) is 23.7. The van der Waals surface area contributed by atoms with E-state index in [9.17, 15) is 14.9 Å². The van der Waals surface area contributed by atoms with Gasteiger partial charge in [-0.1, -0.05) is 0 Å². The van der Waals surface area contributed by atoms with Crippen molar-refractivity contribution in [2.24, 2.45) is 11.5 Å². The van der Waals surface area contributed by atoms with Crippen molar-refractivity contribution in [1.29, 1.82) is 0 Å². The third kappa shape index (κ3) is 3.29. The van der Waals surface area contributed by atoms with E-state index in [1.165, 1.54) is 12.1 Å². The van der Waals surface area contributed by atoms with Gasteiger partial charge in [0.25, 0.3) is 5.69 Å². The fraction of sp³-hybridized carbons (Fsp3) is 0.462. The Morgan fingerprint density at radius 1 is 1.57 bits per heavy atom. The number of rotatable bonds is 4. The second-order valence-corrected chi connectivity index (χ2v) is 5.04. The van der Waals surface area contributed by atoms with Crippen molar-refractivity contribution in [3.63, 3.8) is 0 Å². The fourth-order valence-electron chi connectivity index (χ4n) is 2.30. The van der Waals surface area contributed by atoms with E-state index in [2.05, 4.69) is 0 Å². The molecular formula is C13H18N4O4. The molecule has 0 radical (unpaired) electrons. The summed E-state index contributed by atoms with van der Waals surface area (Å²) < 4.78 is 5.54. The van der Waals surface area contributed by atoms with Gasteiger partial charge in [0.2, 0.25) is 5.91 Å². The van der Waals surface area contributed by atoms with Crippen LogP contribution in [0.15, 0.2) is 18.2 Å². The molecule has 2 atom stereocenters. The summed E-state index contributed by atoms with van der Waals surface area (Å²) in [7, 11) is 0. The van der Waals surface area contributed by atoms with Gasteiger partial charge in [-0.05, 0) is 19.1 Å². The van der Waals surface area contributed by atoms with Gasteiger partial charge in [-0.2, -0.15) is 0 Å². The summed E-state index contributed by atoms with van der Waals surface area (Å²) in [5, 5.41) is 11.2. The van der Waals surface area contributed by atoms with Crippen LogP contribution in [-0.4, -0.2) is 42.7 Å². The highest BCUT2D eigenvalue weighted by atomic mass is 16.6. The minimum absolute atomic E-state index is 0.113. The number of amides is 1. The first-order chi connectivity index (χ1) is 9.90. The number of carbonyl (C=O) groups is 1. The Kier molecular flexibility index (Phi) is 4.39. The number of hydrogen-bond donors (Lipinski definition) is 2. The standard InChI is InChI=1S/C13H18N4O4/c1-8(14)12-7-16(4-5-21-12)10-3-2-9(13(15)18)6-11(10)17(19)20/h2-3,6,8,12H,4-5,7,14H2,1H3,(H2,15,18). The number of ether oxygens (including phenoxy) is 1. The van der Waals surface area contributed by atoms with Crippen molar-refractivity contribution in [2.75, 3.05) is 24.6 Å². The lowest BCUT2D eigenvalue weighted by Crippen LogP contribution is -2.49. The van der Waals surface area contributed by atoms with Crippen molar-refractivity contribution >= 4 is 17.3 Å². The molecule has 114 valence electrons. The number of nitro benzene ring substituents is 1. The monoisotopic (exact) mass is 294 g/mol. The summed E-state index contributed by atoms with van der Waals surface area (Å²) in [6.07, 6.45) is -0.186. The molecule has 21 heavy (non-hydrogen) atoms. The molecular weight excluding hydrogens is 276 g/mol. The van der Waals surface area contributed by atoms with Crippen LogP contribution in [0.4, 0.5) is 11.4 Å². The maximum absolute atomic E-state index is 11.2. The zero-order chi connectivity index (χ0) is 15.6. The Labute approximate surface area is 121 Å². The van der Waals surface area contributed by atoms with Crippen molar-refractivity contribution in [3.05, 3.63) is 33.9 Å². The summed E-state index contributed by atoms with van der Waals surface area (Å²) in [5.41, 5.74) is 11.4. The van der Waals surface area contributed by atoms with E-state index < -0.39 is 10.8 Å². The quantitative estimate of drug-likeness (QED) is 0.605. The molecule has 0 spiro atoms.